The summed E-state index contributed by atoms with van der Waals surface area (Å²) in [6, 6.07) is 8.86. The smallest absolute Gasteiger partial charge is 0.341 e. The Bertz CT molecular complexity index is 846. The van der Waals surface area contributed by atoms with Crippen LogP contribution in [0.1, 0.15) is 57.3 Å². The van der Waals surface area contributed by atoms with Crippen molar-refractivity contribution in [1.29, 1.82) is 0 Å². The number of amides is 1. The van der Waals surface area contributed by atoms with Gasteiger partial charge in [0.25, 0.3) is 5.91 Å². The number of rotatable bonds is 4. The number of hydrogen-bond acceptors (Lipinski definition) is 5. The molecule has 0 unspecified atom stereocenters. The van der Waals surface area contributed by atoms with E-state index in [1.165, 1.54) is 16.2 Å². The van der Waals surface area contributed by atoms with Gasteiger partial charge < -0.3 is 10.1 Å². The summed E-state index contributed by atoms with van der Waals surface area (Å²) in [6.45, 7) is 2.11. The number of fused-ring (bicyclic) bond motifs is 1. The summed E-state index contributed by atoms with van der Waals surface area (Å²) in [5.41, 5.74) is 2.15. The highest BCUT2D eigenvalue weighted by Crippen LogP contribution is 2.38. The van der Waals surface area contributed by atoms with Crippen molar-refractivity contribution < 1.29 is 14.3 Å². The molecule has 1 amide bonds. The SMILES string of the molecule is CCOC(=O)c1c(NC(=S)NC(=O)c2ccccc2)sc2c1CCCCC2. The second-order valence-corrected chi connectivity index (χ2v) is 7.78. The zero-order chi connectivity index (χ0) is 19.2. The van der Waals surface area contributed by atoms with E-state index in [4.69, 9.17) is 17.0 Å². The molecule has 2 aromatic rings. The zero-order valence-corrected chi connectivity index (χ0v) is 16.8. The normalized spacial score (nSPS) is 13.2. The topological polar surface area (TPSA) is 67.4 Å². The Morgan fingerprint density at radius 1 is 1.15 bits per heavy atom. The molecule has 1 heterocycles. The fraction of sp³-hybridized carbons (Fsp3) is 0.350. The van der Waals surface area contributed by atoms with E-state index in [1.54, 1.807) is 31.2 Å². The molecule has 0 spiro atoms. The third-order valence-corrected chi connectivity index (χ3v) is 5.80. The molecule has 142 valence electrons. The van der Waals surface area contributed by atoms with Gasteiger partial charge in [0.1, 0.15) is 5.00 Å². The molecule has 2 N–H and O–H groups in total. The lowest BCUT2D eigenvalue weighted by atomic mass is 10.1. The third kappa shape index (κ3) is 4.73. The minimum Gasteiger partial charge on any atom is -0.462 e. The van der Waals surface area contributed by atoms with Crippen molar-refractivity contribution in [3.8, 4) is 0 Å². The molecule has 3 rings (SSSR count). The van der Waals surface area contributed by atoms with Gasteiger partial charge in [0.2, 0.25) is 0 Å². The number of carbonyl (C=O) groups is 2. The van der Waals surface area contributed by atoms with Gasteiger partial charge in [-0.05, 0) is 62.5 Å². The number of thiophene rings is 1. The molecule has 0 radical (unpaired) electrons. The third-order valence-electron chi connectivity index (χ3n) is 4.39. The fourth-order valence-electron chi connectivity index (χ4n) is 3.15. The summed E-state index contributed by atoms with van der Waals surface area (Å²) in [7, 11) is 0. The van der Waals surface area contributed by atoms with Gasteiger partial charge in [-0.15, -0.1) is 11.3 Å². The number of nitrogens with one attached hydrogen (secondary N) is 2. The van der Waals surface area contributed by atoms with Crippen LogP contribution in [0.15, 0.2) is 30.3 Å². The zero-order valence-electron chi connectivity index (χ0n) is 15.2. The van der Waals surface area contributed by atoms with Gasteiger partial charge in [-0.1, -0.05) is 24.6 Å². The average molecular weight is 403 g/mol. The molecular weight excluding hydrogens is 380 g/mol. The minimum absolute atomic E-state index is 0.172. The second-order valence-electron chi connectivity index (χ2n) is 6.26. The van der Waals surface area contributed by atoms with Crippen molar-refractivity contribution in [2.24, 2.45) is 0 Å². The fourth-order valence-corrected chi connectivity index (χ4v) is 4.69. The summed E-state index contributed by atoms with van der Waals surface area (Å²) < 4.78 is 5.26. The first-order chi connectivity index (χ1) is 13.1. The Morgan fingerprint density at radius 2 is 1.89 bits per heavy atom. The van der Waals surface area contributed by atoms with Crippen molar-refractivity contribution in [2.45, 2.75) is 39.0 Å². The maximum Gasteiger partial charge on any atom is 0.341 e. The van der Waals surface area contributed by atoms with Gasteiger partial charge in [-0.25, -0.2) is 4.79 Å². The molecule has 27 heavy (non-hydrogen) atoms. The van der Waals surface area contributed by atoms with E-state index in [0.717, 1.165) is 37.7 Å². The summed E-state index contributed by atoms with van der Waals surface area (Å²) in [5.74, 6) is -0.625. The Balaban J connectivity index is 1.80. The largest absolute Gasteiger partial charge is 0.462 e. The summed E-state index contributed by atoms with van der Waals surface area (Å²) in [4.78, 5) is 26.0. The molecule has 7 heteroatoms. The molecule has 1 aliphatic rings. The molecule has 0 bridgehead atoms. The van der Waals surface area contributed by atoms with E-state index in [0.29, 0.717) is 22.7 Å². The number of hydrogen-bond donors (Lipinski definition) is 2. The number of carbonyl (C=O) groups excluding carboxylic acids is 2. The predicted octanol–water partition coefficient (Wildman–Crippen LogP) is 4.32. The van der Waals surface area contributed by atoms with Gasteiger partial charge in [0, 0.05) is 10.4 Å². The van der Waals surface area contributed by atoms with Crippen molar-refractivity contribution >= 4 is 45.5 Å². The molecular formula is C20H22N2O3S2. The van der Waals surface area contributed by atoms with Crippen molar-refractivity contribution in [3.63, 3.8) is 0 Å². The molecule has 0 atom stereocenters. The van der Waals surface area contributed by atoms with Crippen LogP contribution in [0.2, 0.25) is 0 Å². The lowest BCUT2D eigenvalue weighted by molar-refractivity contribution is 0.0526. The lowest BCUT2D eigenvalue weighted by Gasteiger charge is -2.11. The number of aryl methyl sites for hydroxylation is 1. The first kappa shape index (κ1) is 19.5. The van der Waals surface area contributed by atoms with E-state index in [9.17, 15) is 9.59 Å². The van der Waals surface area contributed by atoms with Gasteiger partial charge in [0.15, 0.2) is 5.11 Å². The predicted molar refractivity (Wildman–Crippen MR) is 112 cm³/mol. The van der Waals surface area contributed by atoms with Crippen LogP contribution in [-0.2, 0) is 17.6 Å². The monoisotopic (exact) mass is 402 g/mol. The van der Waals surface area contributed by atoms with Gasteiger partial charge in [0.05, 0.1) is 12.2 Å². The number of thiocarbonyl (C=S) groups is 1. The molecule has 0 fully saturated rings. The molecule has 0 saturated heterocycles. The van der Waals surface area contributed by atoms with E-state index >= 15 is 0 Å². The van der Waals surface area contributed by atoms with E-state index < -0.39 is 0 Å². The second kappa shape index (κ2) is 9.10. The first-order valence-electron chi connectivity index (χ1n) is 9.09. The summed E-state index contributed by atoms with van der Waals surface area (Å²) in [6.07, 6.45) is 5.16. The minimum atomic E-state index is -0.336. The van der Waals surface area contributed by atoms with Crippen LogP contribution in [0.25, 0.3) is 0 Å². The van der Waals surface area contributed by atoms with Crippen LogP contribution >= 0.6 is 23.6 Å². The van der Waals surface area contributed by atoms with Crippen molar-refractivity contribution in [2.75, 3.05) is 11.9 Å². The first-order valence-corrected chi connectivity index (χ1v) is 10.3. The maximum absolute atomic E-state index is 12.5. The molecule has 1 aliphatic carbocycles. The number of ether oxygens (including phenoxy) is 1. The average Bonchev–Trinajstić information content (AvgIpc) is 2.83. The maximum atomic E-state index is 12.5. The van der Waals surface area contributed by atoms with Gasteiger partial charge in [-0.3, -0.25) is 10.1 Å². The van der Waals surface area contributed by atoms with Gasteiger partial charge in [-0.2, -0.15) is 0 Å². The molecule has 0 saturated carbocycles. The Labute approximate surface area is 168 Å². The number of esters is 1. The Hall–Kier alpha value is -2.25. The highest BCUT2D eigenvalue weighted by Gasteiger charge is 2.26. The van der Waals surface area contributed by atoms with Crippen LogP contribution in [0.4, 0.5) is 5.00 Å². The number of anilines is 1. The van der Waals surface area contributed by atoms with Crippen molar-refractivity contribution in [1.82, 2.24) is 5.32 Å². The molecule has 1 aromatic heterocycles. The molecule has 0 aliphatic heterocycles. The van der Waals surface area contributed by atoms with E-state index in [1.807, 2.05) is 6.07 Å². The molecule has 5 nitrogen and oxygen atoms in total. The van der Waals surface area contributed by atoms with Gasteiger partial charge >= 0.3 is 5.97 Å². The van der Waals surface area contributed by atoms with Crippen molar-refractivity contribution in [3.05, 3.63) is 51.9 Å². The molecule has 1 aromatic carbocycles. The highest BCUT2D eigenvalue weighted by molar-refractivity contribution is 7.80. The van der Waals surface area contributed by atoms with Crippen LogP contribution < -0.4 is 10.6 Å². The van der Waals surface area contributed by atoms with Crippen LogP contribution in [0.3, 0.4) is 0 Å². The highest BCUT2D eigenvalue weighted by atomic mass is 32.1. The lowest BCUT2D eigenvalue weighted by Crippen LogP contribution is -2.34. The Morgan fingerprint density at radius 3 is 2.63 bits per heavy atom. The Kier molecular flexibility index (Phi) is 6.58. The van der Waals surface area contributed by atoms with E-state index in [2.05, 4.69) is 10.6 Å². The van der Waals surface area contributed by atoms with Crippen LogP contribution in [0.5, 0.6) is 0 Å². The quantitative estimate of drug-likeness (QED) is 0.453. The summed E-state index contributed by atoms with van der Waals surface area (Å²) >= 11 is 6.83. The van der Waals surface area contributed by atoms with Crippen LogP contribution in [-0.4, -0.2) is 23.6 Å². The standard InChI is InChI=1S/C20H22N2O3S2/c1-2-25-19(24)16-14-11-7-4-8-12-15(14)27-18(16)22-20(26)21-17(23)13-9-5-3-6-10-13/h3,5-6,9-10H,2,4,7-8,11-12H2,1H3,(H2,21,22,23,26). The van der Waals surface area contributed by atoms with Crippen LogP contribution in [0, 0.1) is 0 Å². The number of benzene rings is 1. The summed E-state index contributed by atoms with van der Waals surface area (Å²) in [5, 5.41) is 6.54. The van der Waals surface area contributed by atoms with E-state index in [-0.39, 0.29) is 17.0 Å².